The van der Waals surface area contributed by atoms with Crippen LogP contribution >= 0.6 is 0 Å². The van der Waals surface area contributed by atoms with Gasteiger partial charge in [0.1, 0.15) is 12.4 Å². The second-order valence-corrected chi connectivity index (χ2v) is 6.97. The summed E-state index contributed by atoms with van der Waals surface area (Å²) in [5, 5.41) is 12.9. The fourth-order valence-electron chi connectivity index (χ4n) is 2.55. The van der Waals surface area contributed by atoms with Crippen LogP contribution in [-0.2, 0) is 9.84 Å². The van der Waals surface area contributed by atoms with Crippen molar-refractivity contribution in [2.24, 2.45) is 0 Å². The van der Waals surface area contributed by atoms with Crippen LogP contribution in [0.4, 0.5) is 0 Å². The Hall–Kier alpha value is -1.11. The number of ether oxygens (including phenoxy) is 1. The van der Waals surface area contributed by atoms with Gasteiger partial charge in [-0.05, 0) is 6.07 Å². The largest absolute Gasteiger partial charge is 0.491 e. The maximum Gasteiger partial charge on any atom is 0.154 e. The molecule has 1 fully saturated rings. The fraction of sp³-hybridized carbons (Fsp3) is 0.500. The molecule has 1 saturated heterocycles. The Labute approximate surface area is 106 Å². The number of benzene rings is 1. The lowest BCUT2D eigenvalue weighted by Gasteiger charge is -2.19. The number of fused-ring (bicyclic) bond motifs is 1. The molecule has 0 amide bonds. The molecule has 1 aromatic rings. The quantitative estimate of drug-likeness (QED) is 0.782. The van der Waals surface area contributed by atoms with Crippen molar-refractivity contribution in [1.29, 1.82) is 0 Å². The van der Waals surface area contributed by atoms with E-state index >= 15 is 0 Å². The Bertz CT molecular complexity index is 557. The van der Waals surface area contributed by atoms with E-state index in [1.807, 2.05) is 24.3 Å². The Morgan fingerprint density at radius 2 is 2.06 bits per heavy atom. The molecule has 6 heteroatoms. The number of hydrogen-bond donors (Lipinski definition) is 2. The van der Waals surface area contributed by atoms with Gasteiger partial charge in [-0.15, -0.1) is 0 Å². The first-order valence-corrected chi connectivity index (χ1v) is 7.73. The van der Waals surface area contributed by atoms with Crippen molar-refractivity contribution in [3.8, 4) is 5.75 Å². The normalized spacial score (nSPS) is 33.1. The number of aliphatic hydroxyl groups excluding tert-OH is 1. The minimum atomic E-state index is -3.12. The molecule has 0 aliphatic carbocycles. The van der Waals surface area contributed by atoms with Gasteiger partial charge in [0.2, 0.25) is 0 Å². The zero-order valence-corrected chi connectivity index (χ0v) is 10.6. The lowest BCUT2D eigenvalue weighted by molar-refractivity contribution is 0.155. The molecule has 98 valence electrons. The van der Waals surface area contributed by atoms with Gasteiger partial charge in [0.25, 0.3) is 0 Å². The minimum Gasteiger partial charge on any atom is -0.491 e. The van der Waals surface area contributed by atoms with E-state index in [1.165, 1.54) is 0 Å². The molecule has 2 N–H and O–H groups in total. The van der Waals surface area contributed by atoms with E-state index in [2.05, 4.69) is 5.32 Å². The molecule has 3 rings (SSSR count). The molecule has 2 aliphatic rings. The first-order valence-electron chi connectivity index (χ1n) is 5.91. The number of aliphatic hydroxyl groups is 1. The Kier molecular flexibility index (Phi) is 2.80. The Morgan fingerprint density at radius 3 is 2.78 bits per heavy atom. The molecular formula is C12H15NO4S. The van der Waals surface area contributed by atoms with Gasteiger partial charge in [-0.2, -0.15) is 0 Å². The first-order chi connectivity index (χ1) is 8.55. The molecule has 18 heavy (non-hydrogen) atoms. The highest BCUT2D eigenvalue weighted by Crippen LogP contribution is 2.32. The number of hydrogen-bond acceptors (Lipinski definition) is 5. The molecule has 5 nitrogen and oxygen atoms in total. The van der Waals surface area contributed by atoms with Crippen LogP contribution in [0.3, 0.4) is 0 Å². The van der Waals surface area contributed by atoms with Crippen molar-refractivity contribution < 1.29 is 18.3 Å². The SMILES string of the molecule is O=S1(=O)CC(O)C(NC2COc3ccccc32)C1. The summed E-state index contributed by atoms with van der Waals surface area (Å²) in [5.41, 5.74) is 1.02. The molecule has 2 aliphatic heterocycles. The topological polar surface area (TPSA) is 75.6 Å². The van der Waals surface area contributed by atoms with Crippen LogP contribution in [0.15, 0.2) is 24.3 Å². The molecule has 0 radical (unpaired) electrons. The molecule has 0 spiro atoms. The van der Waals surface area contributed by atoms with Crippen LogP contribution in [0.1, 0.15) is 11.6 Å². The Balaban J connectivity index is 1.76. The predicted octanol–water partition coefficient (Wildman–Crippen LogP) is -0.132. The molecule has 1 aromatic carbocycles. The third-order valence-corrected chi connectivity index (χ3v) is 5.15. The van der Waals surface area contributed by atoms with Crippen LogP contribution in [0.5, 0.6) is 5.75 Å². The molecule has 2 heterocycles. The summed E-state index contributed by atoms with van der Waals surface area (Å²) in [4.78, 5) is 0. The number of para-hydroxylation sites is 1. The van der Waals surface area contributed by atoms with E-state index < -0.39 is 22.0 Å². The van der Waals surface area contributed by atoms with Gasteiger partial charge in [-0.25, -0.2) is 8.42 Å². The number of rotatable bonds is 2. The zero-order valence-electron chi connectivity index (χ0n) is 9.74. The molecule has 3 atom stereocenters. The van der Waals surface area contributed by atoms with Gasteiger partial charge >= 0.3 is 0 Å². The average Bonchev–Trinajstić information content (AvgIpc) is 2.81. The van der Waals surface area contributed by atoms with E-state index in [0.717, 1.165) is 11.3 Å². The van der Waals surface area contributed by atoms with Crippen molar-refractivity contribution in [2.45, 2.75) is 18.2 Å². The lowest BCUT2D eigenvalue weighted by Crippen LogP contribution is -2.41. The van der Waals surface area contributed by atoms with E-state index in [-0.39, 0.29) is 17.5 Å². The zero-order chi connectivity index (χ0) is 12.8. The number of sulfone groups is 1. The van der Waals surface area contributed by atoms with Gasteiger partial charge < -0.3 is 15.2 Å². The fourth-order valence-corrected chi connectivity index (χ4v) is 4.30. The number of nitrogens with one attached hydrogen (secondary N) is 1. The summed E-state index contributed by atoms with van der Waals surface area (Å²) >= 11 is 0. The average molecular weight is 269 g/mol. The standard InChI is InChI=1S/C12H15NO4S/c14-11-7-18(15,16)6-10(11)13-9-5-17-12-4-2-1-3-8(9)12/h1-4,9-11,13-14H,5-7H2. The lowest BCUT2D eigenvalue weighted by atomic mass is 10.1. The van der Waals surface area contributed by atoms with Gasteiger partial charge in [0, 0.05) is 11.6 Å². The smallest absolute Gasteiger partial charge is 0.154 e. The van der Waals surface area contributed by atoms with Gasteiger partial charge in [-0.3, -0.25) is 0 Å². The highest BCUT2D eigenvalue weighted by molar-refractivity contribution is 7.91. The van der Waals surface area contributed by atoms with E-state index in [0.29, 0.717) is 6.61 Å². The first kappa shape index (κ1) is 12.0. The highest BCUT2D eigenvalue weighted by atomic mass is 32.2. The van der Waals surface area contributed by atoms with Crippen molar-refractivity contribution in [3.05, 3.63) is 29.8 Å². The van der Waals surface area contributed by atoms with E-state index in [4.69, 9.17) is 4.74 Å². The predicted molar refractivity (Wildman–Crippen MR) is 66.3 cm³/mol. The van der Waals surface area contributed by atoms with E-state index in [9.17, 15) is 13.5 Å². The molecule has 0 bridgehead atoms. The second kappa shape index (κ2) is 4.22. The minimum absolute atomic E-state index is 0.00711. The highest BCUT2D eigenvalue weighted by Gasteiger charge is 2.38. The second-order valence-electron chi connectivity index (χ2n) is 4.82. The molecule has 0 saturated carbocycles. The van der Waals surface area contributed by atoms with Gasteiger partial charge in [0.05, 0.1) is 23.7 Å². The third kappa shape index (κ3) is 2.11. The van der Waals surface area contributed by atoms with Crippen molar-refractivity contribution in [3.63, 3.8) is 0 Å². The van der Waals surface area contributed by atoms with Crippen molar-refractivity contribution in [1.82, 2.24) is 5.32 Å². The summed E-state index contributed by atoms with van der Waals surface area (Å²) in [5.74, 6) is 0.664. The molecular weight excluding hydrogens is 254 g/mol. The van der Waals surface area contributed by atoms with Crippen LogP contribution in [0, 0.1) is 0 Å². The summed E-state index contributed by atoms with van der Waals surface area (Å²) in [6.45, 7) is 0.475. The van der Waals surface area contributed by atoms with Gasteiger partial charge in [-0.1, -0.05) is 18.2 Å². The molecule has 3 unspecified atom stereocenters. The van der Waals surface area contributed by atoms with Crippen molar-refractivity contribution >= 4 is 9.84 Å². The summed E-state index contributed by atoms with van der Waals surface area (Å²) < 4.78 is 28.4. The van der Waals surface area contributed by atoms with Crippen LogP contribution in [0.2, 0.25) is 0 Å². The summed E-state index contributed by atoms with van der Waals surface area (Å²) in [6.07, 6.45) is -0.831. The maximum atomic E-state index is 11.4. The monoisotopic (exact) mass is 269 g/mol. The summed E-state index contributed by atoms with van der Waals surface area (Å²) in [6, 6.07) is 7.21. The third-order valence-electron chi connectivity index (χ3n) is 3.44. The van der Waals surface area contributed by atoms with Crippen LogP contribution in [0.25, 0.3) is 0 Å². The van der Waals surface area contributed by atoms with Gasteiger partial charge in [0.15, 0.2) is 9.84 Å². The van der Waals surface area contributed by atoms with Crippen molar-refractivity contribution in [2.75, 3.05) is 18.1 Å². The molecule has 0 aromatic heterocycles. The van der Waals surface area contributed by atoms with Crippen LogP contribution in [-0.4, -0.2) is 43.8 Å². The van der Waals surface area contributed by atoms with E-state index in [1.54, 1.807) is 0 Å². The maximum absolute atomic E-state index is 11.4. The Morgan fingerprint density at radius 1 is 1.28 bits per heavy atom. The summed E-state index contributed by atoms with van der Waals surface area (Å²) in [7, 11) is -3.12. The van der Waals surface area contributed by atoms with Crippen LogP contribution < -0.4 is 10.1 Å².